The molecule has 1 fully saturated rings. The average molecular weight is 198 g/mol. The molecule has 1 rings (SSSR count). The maximum Gasteiger partial charge on any atom is 0.394 e. The van der Waals surface area contributed by atoms with E-state index in [1.54, 1.807) is 0 Å². The largest absolute Gasteiger partial charge is 0.394 e. The Hall–Kier alpha value is -0.990. The minimum absolute atomic E-state index is 0.263. The molecule has 1 aliphatic heterocycles. The summed E-state index contributed by atoms with van der Waals surface area (Å²) in [5.41, 5.74) is 0. The van der Waals surface area contributed by atoms with Gasteiger partial charge in [-0.3, -0.25) is 18.7 Å². The van der Waals surface area contributed by atoms with Gasteiger partial charge in [0, 0.05) is 0 Å². The van der Waals surface area contributed by atoms with Crippen LogP contribution in [0.2, 0.25) is 0 Å². The zero-order valence-corrected chi connectivity index (χ0v) is 6.57. The molecule has 1 aliphatic rings. The molecule has 0 aromatic rings. The fourth-order valence-electron chi connectivity index (χ4n) is 0.433. The van der Waals surface area contributed by atoms with E-state index in [2.05, 4.69) is 4.74 Å². The molecule has 0 aliphatic carbocycles. The van der Waals surface area contributed by atoms with Gasteiger partial charge in [0.1, 0.15) is 0 Å². The standard InChI is InChI=1S/C4H4O3.H2O4S/c5-3-1-2-4(6)7-3;1-5(2,3)4/h1-2H2;(H2,1,2,3,4). The molecule has 7 nitrogen and oxygen atoms in total. The molecule has 0 saturated carbocycles. The molecule has 0 aromatic heterocycles. The number of carbonyl (C=O) groups is 2. The van der Waals surface area contributed by atoms with Gasteiger partial charge in [-0.25, -0.2) is 0 Å². The second kappa shape index (κ2) is 4.14. The van der Waals surface area contributed by atoms with Crippen molar-refractivity contribution in [3.8, 4) is 0 Å². The third-order valence-corrected chi connectivity index (χ3v) is 0.761. The van der Waals surface area contributed by atoms with E-state index in [9.17, 15) is 9.59 Å². The van der Waals surface area contributed by atoms with Crippen molar-refractivity contribution < 1.29 is 31.8 Å². The number of hydrogen-bond donors (Lipinski definition) is 2. The van der Waals surface area contributed by atoms with E-state index in [4.69, 9.17) is 17.5 Å². The van der Waals surface area contributed by atoms with Gasteiger partial charge in [-0.2, -0.15) is 8.42 Å². The molecule has 1 heterocycles. The van der Waals surface area contributed by atoms with Crippen molar-refractivity contribution in [3.05, 3.63) is 0 Å². The molecule has 1 saturated heterocycles. The van der Waals surface area contributed by atoms with Gasteiger partial charge in [-0.15, -0.1) is 0 Å². The molecule has 0 unspecified atom stereocenters. The lowest BCUT2D eigenvalue weighted by atomic mass is 10.4. The maximum absolute atomic E-state index is 10.0. The van der Waals surface area contributed by atoms with Crippen LogP contribution in [0.3, 0.4) is 0 Å². The predicted molar refractivity (Wildman–Crippen MR) is 34.5 cm³/mol. The first-order valence-electron chi connectivity index (χ1n) is 2.72. The van der Waals surface area contributed by atoms with Crippen molar-refractivity contribution in [3.63, 3.8) is 0 Å². The Morgan fingerprint density at radius 2 is 1.33 bits per heavy atom. The summed E-state index contributed by atoms with van der Waals surface area (Å²) >= 11 is 0. The lowest BCUT2D eigenvalue weighted by molar-refractivity contribution is -0.151. The predicted octanol–water partition coefficient (Wildman–Crippen LogP) is -0.803. The van der Waals surface area contributed by atoms with Crippen LogP contribution in [-0.4, -0.2) is 29.5 Å². The van der Waals surface area contributed by atoms with Crippen LogP contribution in [0.1, 0.15) is 12.8 Å². The molecular formula is C4H6O7S. The molecule has 70 valence electrons. The first kappa shape index (κ1) is 11.0. The van der Waals surface area contributed by atoms with Crippen LogP contribution >= 0.6 is 0 Å². The summed E-state index contributed by atoms with van der Waals surface area (Å²) in [6.07, 6.45) is 0.525. The van der Waals surface area contributed by atoms with Crippen LogP contribution < -0.4 is 0 Å². The van der Waals surface area contributed by atoms with Crippen LogP contribution in [0, 0.1) is 0 Å². The molecular weight excluding hydrogens is 192 g/mol. The number of rotatable bonds is 0. The van der Waals surface area contributed by atoms with Crippen molar-refractivity contribution in [2.75, 3.05) is 0 Å². The van der Waals surface area contributed by atoms with E-state index < -0.39 is 22.3 Å². The van der Waals surface area contributed by atoms with E-state index in [1.165, 1.54) is 0 Å². The van der Waals surface area contributed by atoms with Crippen molar-refractivity contribution >= 4 is 22.3 Å². The fraction of sp³-hybridized carbons (Fsp3) is 0.500. The van der Waals surface area contributed by atoms with E-state index in [1.807, 2.05) is 0 Å². The van der Waals surface area contributed by atoms with E-state index in [0.29, 0.717) is 0 Å². The number of ether oxygens (including phenoxy) is 1. The molecule has 0 amide bonds. The van der Waals surface area contributed by atoms with Gasteiger partial charge in [0.15, 0.2) is 0 Å². The van der Waals surface area contributed by atoms with Gasteiger partial charge in [0.25, 0.3) is 0 Å². The molecule has 12 heavy (non-hydrogen) atoms. The monoisotopic (exact) mass is 198 g/mol. The Morgan fingerprint density at radius 3 is 1.42 bits per heavy atom. The summed E-state index contributed by atoms with van der Waals surface area (Å²) in [6.45, 7) is 0. The number of cyclic esters (lactones) is 2. The summed E-state index contributed by atoms with van der Waals surface area (Å²) < 4.78 is 35.7. The van der Waals surface area contributed by atoms with Gasteiger partial charge in [0.05, 0.1) is 12.8 Å². The van der Waals surface area contributed by atoms with Gasteiger partial charge in [-0.05, 0) is 0 Å². The van der Waals surface area contributed by atoms with Gasteiger partial charge >= 0.3 is 22.3 Å². The highest BCUT2D eigenvalue weighted by atomic mass is 32.3. The summed E-state index contributed by atoms with van der Waals surface area (Å²) in [6, 6.07) is 0. The Labute approximate surface area is 67.9 Å². The second-order valence-corrected chi connectivity index (χ2v) is 2.69. The molecule has 0 radical (unpaired) electrons. The van der Waals surface area contributed by atoms with Crippen LogP contribution in [0.15, 0.2) is 0 Å². The van der Waals surface area contributed by atoms with Gasteiger partial charge in [-0.1, -0.05) is 0 Å². The number of esters is 2. The van der Waals surface area contributed by atoms with E-state index >= 15 is 0 Å². The number of carbonyl (C=O) groups excluding carboxylic acids is 2. The summed E-state index contributed by atoms with van der Waals surface area (Å²) in [7, 11) is -4.67. The highest BCUT2D eigenvalue weighted by molar-refractivity contribution is 7.79. The first-order valence-corrected chi connectivity index (χ1v) is 4.12. The fourth-order valence-corrected chi connectivity index (χ4v) is 0.433. The molecule has 8 heteroatoms. The minimum Gasteiger partial charge on any atom is -0.393 e. The zero-order valence-electron chi connectivity index (χ0n) is 5.76. The van der Waals surface area contributed by atoms with Crippen molar-refractivity contribution in [1.82, 2.24) is 0 Å². The molecule has 0 bridgehead atoms. The van der Waals surface area contributed by atoms with Gasteiger partial charge < -0.3 is 4.74 Å². The van der Waals surface area contributed by atoms with Crippen LogP contribution in [0.4, 0.5) is 0 Å². The second-order valence-electron chi connectivity index (χ2n) is 1.79. The highest BCUT2D eigenvalue weighted by Crippen LogP contribution is 2.03. The third-order valence-electron chi connectivity index (χ3n) is 0.761. The molecule has 0 spiro atoms. The molecule has 0 atom stereocenters. The lowest BCUT2D eigenvalue weighted by Crippen LogP contribution is -1.94. The Balaban J connectivity index is 0.000000217. The highest BCUT2D eigenvalue weighted by Gasteiger charge is 2.19. The third kappa shape index (κ3) is 9.01. The summed E-state index contributed by atoms with van der Waals surface area (Å²) in [4.78, 5) is 20.0. The SMILES string of the molecule is O=C1CCC(=O)O1.O=S(=O)(O)O. The normalized spacial score (nSPS) is 16.5. The maximum atomic E-state index is 10.0. The first-order chi connectivity index (χ1) is 5.29. The molecule has 0 aromatic carbocycles. The average Bonchev–Trinajstić information content (AvgIpc) is 2.09. The lowest BCUT2D eigenvalue weighted by Gasteiger charge is -1.79. The summed E-state index contributed by atoms with van der Waals surface area (Å²) in [5.74, 6) is -0.796. The van der Waals surface area contributed by atoms with Crippen LogP contribution in [-0.2, 0) is 24.7 Å². The quantitative estimate of drug-likeness (QED) is 0.297. The van der Waals surface area contributed by atoms with Crippen LogP contribution in [0.25, 0.3) is 0 Å². The topological polar surface area (TPSA) is 118 Å². The molecule has 2 N–H and O–H groups in total. The number of hydrogen-bond acceptors (Lipinski definition) is 5. The Morgan fingerprint density at radius 1 is 1.08 bits per heavy atom. The van der Waals surface area contributed by atoms with E-state index in [-0.39, 0.29) is 12.8 Å². The summed E-state index contributed by atoms with van der Waals surface area (Å²) in [5, 5.41) is 0. The zero-order chi connectivity index (χ0) is 9.78. The Kier molecular flexibility index (Phi) is 3.80. The van der Waals surface area contributed by atoms with Crippen molar-refractivity contribution in [2.24, 2.45) is 0 Å². The van der Waals surface area contributed by atoms with Crippen molar-refractivity contribution in [2.45, 2.75) is 12.8 Å². The van der Waals surface area contributed by atoms with Gasteiger partial charge in [0.2, 0.25) is 0 Å². The van der Waals surface area contributed by atoms with Crippen molar-refractivity contribution in [1.29, 1.82) is 0 Å². The Bertz CT molecular complexity index is 254. The van der Waals surface area contributed by atoms with Crippen LogP contribution in [0.5, 0.6) is 0 Å². The minimum atomic E-state index is -4.67. The van der Waals surface area contributed by atoms with E-state index in [0.717, 1.165) is 0 Å². The smallest absolute Gasteiger partial charge is 0.393 e.